The number of hydrogen-bond donors (Lipinski definition) is 1. The zero-order chi connectivity index (χ0) is 21.4. The number of methoxy groups -OCH3 is 1. The smallest absolute Gasteiger partial charge is 0.328 e. The molecule has 158 valence electrons. The van der Waals surface area contributed by atoms with Gasteiger partial charge in [0.2, 0.25) is 5.91 Å². The van der Waals surface area contributed by atoms with Crippen molar-refractivity contribution in [3.8, 4) is 0 Å². The third-order valence-electron chi connectivity index (χ3n) is 4.24. The van der Waals surface area contributed by atoms with Crippen LogP contribution in [0.25, 0.3) is 0 Å². The number of benzene rings is 1. The van der Waals surface area contributed by atoms with Gasteiger partial charge in [-0.2, -0.15) is 0 Å². The van der Waals surface area contributed by atoms with E-state index in [-0.39, 0.29) is 24.8 Å². The molecule has 0 radical (unpaired) electrons. The van der Waals surface area contributed by atoms with Gasteiger partial charge >= 0.3 is 11.9 Å². The number of thioether (sulfide) groups is 1. The molecule has 2 amide bonds. The van der Waals surface area contributed by atoms with E-state index < -0.39 is 30.5 Å². The van der Waals surface area contributed by atoms with E-state index in [0.717, 1.165) is 10.6 Å². The third-order valence-corrected chi connectivity index (χ3v) is 5.29. The molecule has 0 saturated heterocycles. The lowest BCUT2D eigenvalue weighted by Crippen LogP contribution is -2.44. The Hall–Kier alpha value is -2.55. The Bertz CT molecular complexity index is 767. The molecule has 1 heterocycles. The number of ether oxygens (including phenoxy) is 2. The molecule has 29 heavy (non-hydrogen) atoms. The molecule has 0 saturated carbocycles. The van der Waals surface area contributed by atoms with Gasteiger partial charge in [-0.1, -0.05) is 26.0 Å². The second kappa shape index (κ2) is 10.8. The van der Waals surface area contributed by atoms with Gasteiger partial charge in [-0.3, -0.25) is 14.4 Å². The van der Waals surface area contributed by atoms with E-state index in [2.05, 4.69) is 10.1 Å². The Balaban J connectivity index is 1.81. The average Bonchev–Trinajstić information content (AvgIpc) is 2.70. The number of fused-ring (bicyclic) bond motifs is 1. The molecule has 0 spiro atoms. The van der Waals surface area contributed by atoms with Gasteiger partial charge in [-0.05, 0) is 24.5 Å². The summed E-state index contributed by atoms with van der Waals surface area (Å²) in [4.78, 5) is 50.5. The summed E-state index contributed by atoms with van der Waals surface area (Å²) >= 11 is 1.46. The first-order valence-electron chi connectivity index (χ1n) is 9.36. The van der Waals surface area contributed by atoms with E-state index in [1.54, 1.807) is 4.90 Å². The number of rotatable bonds is 9. The van der Waals surface area contributed by atoms with Gasteiger partial charge in [0, 0.05) is 11.4 Å². The lowest BCUT2D eigenvalue weighted by atomic mass is 10.0. The van der Waals surface area contributed by atoms with Crippen molar-refractivity contribution in [2.45, 2.75) is 37.6 Å². The van der Waals surface area contributed by atoms with Gasteiger partial charge in [-0.25, -0.2) is 4.79 Å². The molecule has 8 nitrogen and oxygen atoms in total. The Labute approximate surface area is 174 Å². The molecule has 0 unspecified atom stereocenters. The summed E-state index contributed by atoms with van der Waals surface area (Å²) in [5.41, 5.74) is 0.772. The van der Waals surface area contributed by atoms with Crippen molar-refractivity contribution in [3.05, 3.63) is 24.3 Å². The van der Waals surface area contributed by atoms with Crippen LogP contribution in [0.15, 0.2) is 29.2 Å². The van der Waals surface area contributed by atoms with Crippen LogP contribution in [-0.4, -0.2) is 55.8 Å². The molecule has 0 aromatic heterocycles. The SMILES string of the molecule is COC(=O)[C@H](CC(C)C)NC(=O)COC(=O)CCN1C(=O)CSc2ccccc21. The monoisotopic (exact) mass is 422 g/mol. The number of nitrogens with one attached hydrogen (secondary N) is 1. The van der Waals surface area contributed by atoms with Crippen LogP contribution in [0.1, 0.15) is 26.7 Å². The zero-order valence-electron chi connectivity index (χ0n) is 16.8. The Morgan fingerprint density at radius 2 is 1.97 bits per heavy atom. The predicted octanol–water partition coefficient (Wildman–Crippen LogP) is 1.76. The highest BCUT2D eigenvalue weighted by Gasteiger charge is 2.26. The van der Waals surface area contributed by atoms with Gasteiger partial charge in [0.15, 0.2) is 6.61 Å². The van der Waals surface area contributed by atoms with Gasteiger partial charge in [0.1, 0.15) is 6.04 Å². The lowest BCUT2D eigenvalue weighted by Gasteiger charge is -2.28. The number of para-hydroxylation sites is 1. The summed E-state index contributed by atoms with van der Waals surface area (Å²) in [6, 6.07) is 6.71. The number of anilines is 1. The van der Waals surface area contributed by atoms with E-state index in [1.165, 1.54) is 18.9 Å². The fourth-order valence-electron chi connectivity index (χ4n) is 2.88. The fraction of sp³-hybridized carbons (Fsp3) is 0.500. The Morgan fingerprint density at radius 1 is 1.24 bits per heavy atom. The van der Waals surface area contributed by atoms with Gasteiger partial charge in [0.25, 0.3) is 5.91 Å². The molecule has 1 aromatic carbocycles. The Morgan fingerprint density at radius 3 is 2.66 bits per heavy atom. The van der Waals surface area contributed by atoms with Crippen LogP contribution in [0, 0.1) is 5.92 Å². The molecule has 1 N–H and O–H groups in total. The topological polar surface area (TPSA) is 102 Å². The van der Waals surface area contributed by atoms with Crippen molar-refractivity contribution in [3.63, 3.8) is 0 Å². The van der Waals surface area contributed by atoms with E-state index >= 15 is 0 Å². The summed E-state index contributed by atoms with van der Waals surface area (Å²) < 4.78 is 9.67. The van der Waals surface area contributed by atoms with E-state index in [4.69, 9.17) is 4.74 Å². The lowest BCUT2D eigenvalue weighted by molar-refractivity contribution is -0.150. The van der Waals surface area contributed by atoms with Crippen molar-refractivity contribution in [1.82, 2.24) is 5.32 Å². The molecule has 1 aliphatic heterocycles. The molecule has 1 aromatic rings. The van der Waals surface area contributed by atoms with Crippen molar-refractivity contribution in [1.29, 1.82) is 0 Å². The van der Waals surface area contributed by atoms with Crippen LogP contribution in [0.2, 0.25) is 0 Å². The molecule has 9 heteroatoms. The van der Waals surface area contributed by atoms with Crippen molar-refractivity contribution < 1.29 is 28.7 Å². The molecule has 1 aliphatic rings. The van der Waals surface area contributed by atoms with Crippen LogP contribution in [0.3, 0.4) is 0 Å². The molecule has 0 fully saturated rings. The molecular formula is C20H26N2O6S. The first-order valence-corrected chi connectivity index (χ1v) is 10.4. The predicted molar refractivity (Wildman–Crippen MR) is 108 cm³/mol. The van der Waals surface area contributed by atoms with Crippen LogP contribution in [0.4, 0.5) is 5.69 Å². The summed E-state index contributed by atoms with van der Waals surface area (Å²) in [6.45, 7) is 3.52. The summed E-state index contributed by atoms with van der Waals surface area (Å²) in [5, 5.41) is 2.52. The maximum absolute atomic E-state index is 12.2. The quantitative estimate of drug-likeness (QED) is 0.605. The number of nitrogens with zero attached hydrogens (tertiary/aromatic N) is 1. The maximum atomic E-state index is 12.2. The van der Waals surface area contributed by atoms with E-state index in [0.29, 0.717) is 12.2 Å². The van der Waals surface area contributed by atoms with E-state index in [9.17, 15) is 19.2 Å². The summed E-state index contributed by atoms with van der Waals surface area (Å²) in [7, 11) is 1.25. The molecule has 0 aliphatic carbocycles. The van der Waals surface area contributed by atoms with Crippen LogP contribution in [-0.2, 0) is 28.7 Å². The largest absolute Gasteiger partial charge is 0.467 e. The number of hydrogen-bond acceptors (Lipinski definition) is 7. The second-order valence-electron chi connectivity index (χ2n) is 6.99. The average molecular weight is 423 g/mol. The van der Waals surface area contributed by atoms with Crippen LogP contribution in [0.5, 0.6) is 0 Å². The first-order chi connectivity index (χ1) is 13.8. The van der Waals surface area contributed by atoms with Crippen LogP contribution >= 0.6 is 11.8 Å². The minimum absolute atomic E-state index is 0.0373. The molecule has 0 bridgehead atoms. The zero-order valence-corrected chi connectivity index (χ0v) is 17.6. The number of carbonyl (C=O) groups excluding carboxylic acids is 4. The Kier molecular flexibility index (Phi) is 8.50. The van der Waals surface area contributed by atoms with E-state index in [1.807, 2.05) is 38.1 Å². The minimum Gasteiger partial charge on any atom is -0.467 e. The fourth-order valence-corrected chi connectivity index (χ4v) is 3.82. The van der Waals surface area contributed by atoms with Crippen LogP contribution < -0.4 is 10.2 Å². The summed E-state index contributed by atoms with van der Waals surface area (Å²) in [6.07, 6.45) is 0.380. The highest BCUT2D eigenvalue weighted by Crippen LogP contribution is 2.34. The highest BCUT2D eigenvalue weighted by atomic mass is 32.2. The highest BCUT2D eigenvalue weighted by molar-refractivity contribution is 8.00. The van der Waals surface area contributed by atoms with Gasteiger partial charge in [-0.15, -0.1) is 11.8 Å². The van der Waals surface area contributed by atoms with Crippen molar-refractivity contribution in [2.75, 3.05) is 30.9 Å². The molecular weight excluding hydrogens is 396 g/mol. The van der Waals surface area contributed by atoms with Crippen molar-refractivity contribution in [2.24, 2.45) is 5.92 Å². The van der Waals surface area contributed by atoms with Gasteiger partial charge in [0.05, 0.1) is 25.0 Å². The maximum Gasteiger partial charge on any atom is 0.328 e. The number of amides is 2. The summed E-state index contributed by atoms with van der Waals surface area (Å²) in [5.74, 6) is -1.30. The van der Waals surface area contributed by atoms with Gasteiger partial charge < -0.3 is 19.7 Å². The first kappa shape index (κ1) is 22.7. The third kappa shape index (κ3) is 6.77. The van der Waals surface area contributed by atoms with Crippen molar-refractivity contribution >= 4 is 41.2 Å². The number of carbonyl (C=O) groups is 4. The standard InChI is InChI=1S/C20H26N2O6S/c1-13(2)10-14(20(26)27-3)21-17(23)11-28-19(25)8-9-22-15-6-4-5-7-16(15)29-12-18(22)24/h4-7,13-14H,8-12H2,1-3H3,(H,21,23)/t14-/m0/s1. The normalized spacial score (nSPS) is 14.2. The minimum atomic E-state index is -0.786. The second-order valence-corrected chi connectivity index (χ2v) is 8.00. The number of esters is 2. The molecule has 1 atom stereocenters. The molecule has 2 rings (SSSR count).